The van der Waals surface area contributed by atoms with Gasteiger partial charge in [-0.25, -0.2) is 0 Å². The molecule has 0 N–H and O–H groups in total. The molecule has 2 bridgehead atoms. The van der Waals surface area contributed by atoms with Crippen LogP contribution in [0.4, 0.5) is 0 Å². The van der Waals surface area contributed by atoms with Gasteiger partial charge in [-0.2, -0.15) is 0 Å². The van der Waals surface area contributed by atoms with Crippen LogP contribution in [0.25, 0.3) is 0 Å². The molecule has 5 unspecified atom stereocenters. The van der Waals surface area contributed by atoms with Crippen LogP contribution in [0.3, 0.4) is 0 Å². The highest BCUT2D eigenvalue weighted by Crippen LogP contribution is 2.39. The SMILES string of the molecule is CC1OC(O[C@H]2C=C/C=C/C=C/C=C/C=C/C=C/C=C/[C@H](C)[C@@H](C)[C@@H](C)[C@H](C)OC(=O)C[C@H](C)C[C@H](C)CC[C@@H](C)[C@H](C)C[C@H](C)CC3=C[C@H](C)[C@@H](C)[C@H](C2)O3)C(C)C(C)C1C. The molecule has 18 atom stereocenters. The molecule has 3 rings (SSSR count). The lowest BCUT2D eigenvalue weighted by Gasteiger charge is -2.43. The standard InChI is InChI=1S/C57H92O5/c1-38-30-31-41(4)43(6)33-40(3)34-54-36-44(7)46(9)55(61-54)37-53(62-57-50(13)47(10)49(12)52(15)60-57)29-27-25-23-21-19-17-16-18-20-22-24-26-28-42(5)45(8)48(11)51(14)59-56(58)35-39(2)32-38/h16-29,36,38-53,55,57H,30-35,37H2,1-15H3/b17-16+,20-18+,21-19+,24-22+,25-23+,28-26+,29-27?/t38-,39-,40+,41-,42+,43-,44+,45-,46-,47?,48-,49?,50?,51+,52?,53+,55+,57?/m1/s1. The minimum Gasteiger partial charge on any atom is -0.495 e. The number of fused-ring (bicyclic) bond motifs is 2. The van der Waals surface area contributed by atoms with E-state index in [1.54, 1.807) is 0 Å². The van der Waals surface area contributed by atoms with Crippen LogP contribution in [0, 0.1) is 76.9 Å². The first-order valence-electron chi connectivity index (χ1n) is 24.9. The maximum absolute atomic E-state index is 13.1. The highest BCUT2D eigenvalue weighted by atomic mass is 16.7. The summed E-state index contributed by atoms with van der Waals surface area (Å²) >= 11 is 0. The van der Waals surface area contributed by atoms with Crippen LogP contribution in [0.2, 0.25) is 0 Å². The van der Waals surface area contributed by atoms with Crippen molar-refractivity contribution in [1.82, 2.24) is 0 Å². The summed E-state index contributed by atoms with van der Waals surface area (Å²) in [4.78, 5) is 13.1. The van der Waals surface area contributed by atoms with Crippen LogP contribution in [-0.4, -0.2) is 36.7 Å². The summed E-state index contributed by atoms with van der Waals surface area (Å²) in [6.45, 7) is 34.4. The van der Waals surface area contributed by atoms with Crippen molar-refractivity contribution in [2.45, 2.75) is 180 Å². The van der Waals surface area contributed by atoms with Gasteiger partial charge in [-0.15, -0.1) is 0 Å². The number of esters is 1. The predicted octanol–water partition coefficient (Wildman–Crippen LogP) is 15.2. The molecule has 0 radical (unpaired) electrons. The number of rotatable bonds is 2. The fraction of sp³-hybridized carbons (Fsp3) is 0.702. The fourth-order valence-electron chi connectivity index (χ4n) is 9.67. The Kier molecular flexibility index (Phi) is 23.7. The van der Waals surface area contributed by atoms with E-state index in [0.717, 1.165) is 25.0 Å². The van der Waals surface area contributed by atoms with Crippen molar-refractivity contribution >= 4 is 5.97 Å². The third-order valence-corrected chi connectivity index (χ3v) is 15.5. The van der Waals surface area contributed by atoms with Gasteiger partial charge >= 0.3 is 5.97 Å². The fourth-order valence-corrected chi connectivity index (χ4v) is 9.67. The van der Waals surface area contributed by atoms with E-state index in [1.165, 1.54) is 19.3 Å². The Balaban J connectivity index is 1.78. The second kappa shape index (κ2) is 27.4. The molecule has 0 amide bonds. The normalized spacial score (nSPS) is 44.0. The van der Waals surface area contributed by atoms with Crippen LogP contribution < -0.4 is 0 Å². The summed E-state index contributed by atoms with van der Waals surface area (Å²) in [5, 5.41) is 0. The number of hydrogen-bond acceptors (Lipinski definition) is 5. The zero-order chi connectivity index (χ0) is 45.9. The van der Waals surface area contributed by atoms with Gasteiger partial charge in [-0.3, -0.25) is 4.79 Å². The van der Waals surface area contributed by atoms with Gasteiger partial charge in [0.1, 0.15) is 12.2 Å². The molecule has 0 aromatic rings. The minimum atomic E-state index is -0.251. The average molecular weight is 857 g/mol. The molecule has 1 saturated heterocycles. The van der Waals surface area contributed by atoms with Gasteiger partial charge < -0.3 is 18.9 Å². The van der Waals surface area contributed by atoms with E-state index in [4.69, 9.17) is 18.9 Å². The predicted molar refractivity (Wildman–Crippen MR) is 263 cm³/mol. The Morgan fingerprint density at radius 1 is 0.468 bits per heavy atom. The van der Waals surface area contributed by atoms with Crippen LogP contribution in [0.15, 0.2) is 96.9 Å². The summed E-state index contributed by atoms with van der Waals surface area (Å²) in [6, 6.07) is 0. The van der Waals surface area contributed by atoms with E-state index >= 15 is 0 Å². The molecule has 0 aliphatic carbocycles. The molecule has 3 aliphatic rings. The van der Waals surface area contributed by atoms with Gasteiger partial charge in [-0.05, 0) is 104 Å². The zero-order valence-electron chi connectivity index (χ0n) is 42.0. The first-order valence-corrected chi connectivity index (χ1v) is 24.9. The molecule has 3 heterocycles. The molecular formula is C57H92O5. The van der Waals surface area contributed by atoms with Gasteiger partial charge in [0, 0.05) is 25.2 Å². The number of carbonyl (C=O) groups excluding carboxylic acids is 1. The molecule has 0 aromatic heterocycles. The Bertz CT molecular complexity index is 1540. The maximum atomic E-state index is 13.1. The lowest BCUT2D eigenvalue weighted by molar-refractivity contribution is -0.256. The number of carbonyl (C=O) groups is 1. The van der Waals surface area contributed by atoms with E-state index in [-0.39, 0.29) is 42.6 Å². The van der Waals surface area contributed by atoms with Crippen molar-refractivity contribution in [2.75, 3.05) is 0 Å². The van der Waals surface area contributed by atoms with Crippen molar-refractivity contribution in [1.29, 1.82) is 0 Å². The van der Waals surface area contributed by atoms with E-state index in [1.807, 2.05) is 30.4 Å². The highest BCUT2D eigenvalue weighted by Gasteiger charge is 2.40. The average Bonchev–Trinajstić information content (AvgIpc) is 3.21. The van der Waals surface area contributed by atoms with Crippen LogP contribution in [0.5, 0.6) is 0 Å². The summed E-state index contributed by atoms with van der Waals surface area (Å²) < 4.78 is 26.3. The highest BCUT2D eigenvalue weighted by molar-refractivity contribution is 5.69. The molecule has 0 spiro atoms. The smallest absolute Gasteiger partial charge is 0.306 e. The van der Waals surface area contributed by atoms with Gasteiger partial charge in [0.15, 0.2) is 6.29 Å². The van der Waals surface area contributed by atoms with E-state index < -0.39 is 0 Å². The van der Waals surface area contributed by atoms with Crippen molar-refractivity contribution in [3.8, 4) is 0 Å². The molecule has 3 aliphatic heterocycles. The lowest BCUT2D eigenvalue weighted by Crippen LogP contribution is -2.46. The Morgan fingerprint density at radius 3 is 1.63 bits per heavy atom. The summed E-state index contributed by atoms with van der Waals surface area (Å²) in [7, 11) is 0. The molecule has 350 valence electrons. The zero-order valence-corrected chi connectivity index (χ0v) is 42.0. The molecule has 62 heavy (non-hydrogen) atoms. The Hall–Kier alpha value is -2.89. The van der Waals surface area contributed by atoms with Crippen LogP contribution >= 0.6 is 0 Å². The lowest BCUT2D eigenvalue weighted by atomic mass is 9.79. The van der Waals surface area contributed by atoms with Crippen molar-refractivity contribution < 1.29 is 23.7 Å². The van der Waals surface area contributed by atoms with Crippen LogP contribution in [0.1, 0.15) is 149 Å². The monoisotopic (exact) mass is 857 g/mol. The minimum absolute atomic E-state index is 0.0607. The Labute approximate surface area is 381 Å². The third-order valence-electron chi connectivity index (χ3n) is 15.5. The first kappa shape index (κ1) is 53.4. The first-order chi connectivity index (χ1) is 29.4. The van der Waals surface area contributed by atoms with Crippen LogP contribution in [-0.2, 0) is 23.7 Å². The molecule has 0 saturated carbocycles. The van der Waals surface area contributed by atoms with Crippen molar-refractivity contribution in [3.63, 3.8) is 0 Å². The van der Waals surface area contributed by atoms with Gasteiger partial charge in [0.2, 0.25) is 0 Å². The van der Waals surface area contributed by atoms with E-state index in [2.05, 4.69) is 165 Å². The van der Waals surface area contributed by atoms with E-state index in [0.29, 0.717) is 77.4 Å². The number of hydrogen-bond donors (Lipinski definition) is 0. The number of cyclic esters (lactones) is 1. The van der Waals surface area contributed by atoms with Gasteiger partial charge in [-0.1, -0.05) is 188 Å². The van der Waals surface area contributed by atoms with E-state index in [9.17, 15) is 4.79 Å². The molecule has 5 heteroatoms. The summed E-state index contributed by atoms with van der Waals surface area (Å²) in [5.74, 6) is 6.88. The summed E-state index contributed by atoms with van der Waals surface area (Å²) in [5.41, 5.74) is 0. The number of allylic oxidation sites excluding steroid dienone is 15. The largest absolute Gasteiger partial charge is 0.495 e. The van der Waals surface area contributed by atoms with Gasteiger partial charge in [0.05, 0.1) is 18.0 Å². The van der Waals surface area contributed by atoms with Crippen molar-refractivity contribution in [2.24, 2.45) is 76.9 Å². The molecule has 5 nitrogen and oxygen atoms in total. The molecule has 1 fully saturated rings. The maximum Gasteiger partial charge on any atom is 0.306 e. The molecule has 0 aromatic carbocycles. The quantitative estimate of drug-likeness (QED) is 0.259. The molecular weight excluding hydrogens is 765 g/mol. The van der Waals surface area contributed by atoms with Crippen molar-refractivity contribution in [3.05, 3.63) is 96.9 Å². The summed E-state index contributed by atoms with van der Waals surface area (Å²) in [6.07, 6.45) is 38.2. The third kappa shape index (κ3) is 18.3. The Morgan fingerprint density at radius 2 is 1.02 bits per heavy atom. The second-order valence-electron chi connectivity index (χ2n) is 20.9. The topological polar surface area (TPSA) is 54.0 Å². The second-order valence-corrected chi connectivity index (χ2v) is 20.9. The van der Waals surface area contributed by atoms with Gasteiger partial charge in [0.25, 0.3) is 0 Å². The number of ether oxygens (including phenoxy) is 4.